The first-order chi connectivity index (χ1) is 8.35. The molecule has 0 radical (unpaired) electrons. The van der Waals surface area contributed by atoms with E-state index in [1.165, 1.54) is 11.8 Å². The van der Waals surface area contributed by atoms with Crippen molar-refractivity contribution in [2.45, 2.75) is 32.7 Å². The van der Waals surface area contributed by atoms with Gasteiger partial charge in [-0.1, -0.05) is 0 Å². The van der Waals surface area contributed by atoms with Gasteiger partial charge in [-0.15, -0.1) is 0 Å². The number of sulfone groups is 1. The number of nitrogens with zero attached hydrogens (tertiary/aromatic N) is 1. The van der Waals surface area contributed by atoms with E-state index >= 15 is 0 Å². The summed E-state index contributed by atoms with van der Waals surface area (Å²) in [5.74, 6) is 0.206. The van der Waals surface area contributed by atoms with Gasteiger partial charge in [0.15, 0.2) is 9.84 Å². The summed E-state index contributed by atoms with van der Waals surface area (Å²) in [5, 5.41) is 2.64. The van der Waals surface area contributed by atoms with Gasteiger partial charge >= 0.3 is 6.03 Å². The maximum Gasteiger partial charge on any atom is 0.317 e. The van der Waals surface area contributed by atoms with Crippen LogP contribution < -0.4 is 5.32 Å². The molecule has 0 aromatic rings. The minimum absolute atomic E-state index is 0.0155. The van der Waals surface area contributed by atoms with Crippen molar-refractivity contribution in [2.75, 3.05) is 24.6 Å². The molecule has 1 atom stereocenters. The molecule has 2 amide bonds. The van der Waals surface area contributed by atoms with Crippen LogP contribution >= 0.6 is 0 Å². The molecule has 0 aliphatic carbocycles. The lowest BCUT2D eigenvalue weighted by Gasteiger charge is -2.26. The third-order valence-corrected chi connectivity index (χ3v) is 4.75. The third kappa shape index (κ3) is 4.29. The Hall–Kier alpha value is -1.11. The summed E-state index contributed by atoms with van der Waals surface area (Å²) in [6.45, 7) is 4.04. The molecule has 0 aromatic carbocycles. The third-order valence-electron chi connectivity index (χ3n) is 3.00. The summed E-state index contributed by atoms with van der Waals surface area (Å²) < 4.78 is 22.8. The van der Waals surface area contributed by atoms with Gasteiger partial charge < -0.3 is 10.2 Å². The van der Waals surface area contributed by atoms with E-state index in [1.54, 1.807) is 0 Å². The zero-order valence-corrected chi connectivity index (χ0v) is 11.6. The van der Waals surface area contributed by atoms with Gasteiger partial charge in [0.1, 0.15) is 5.78 Å². The maximum absolute atomic E-state index is 11.9. The largest absolute Gasteiger partial charge is 0.338 e. The number of carbonyl (C=O) groups is 2. The first-order valence-corrected chi connectivity index (χ1v) is 7.92. The zero-order chi connectivity index (χ0) is 13.8. The maximum atomic E-state index is 11.9. The second kappa shape index (κ2) is 6.17. The van der Waals surface area contributed by atoms with Crippen LogP contribution in [0.1, 0.15) is 26.7 Å². The van der Waals surface area contributed by atoms with Crippen molar-refractivity contribution in [3.05, 3.63) is 0 Å². The Morgan fingerprint density at radius 2 is 2.06 bits per heavy atom. The molecule has 0 saturated carbocycles. The van der Waals surface area contributed by atoms with Crippen LogP contribution in [0, 0.1) is 0 Å². The van der Waals surface area contributed by atoms with Crippen molar-refractivity contribution in [3.8, 4) is 0 Å². The highest BCUT2D eigenvalue weighted by molar-refractivity contribution is 7.91. The fourth-order valence-corrected chi connectivity index (χ4v) is 3.77. The predicted molar refractivity (Wildman–Crippen MR) is 68.1 cm³/mol. The van der Waals surface area contributed by atoms with E-state index in [4.69, 9.17) is 0 Å². The quantitative estimate of drug-likeness (QED) is 0.776. The fraction of sp³-hybridized carbons (Fsp3) is 0.818. The van der Waals surface area contributed by atoms with Crippen LogP contribution in [-0.2, 0) is 14.6 Å². The Labute approximate surface area is 108 Å². The van der Waals surface area contributed by atoms with Gasteiger partial charge in [0, 0.05) is 25.6 Å². The topological polar surface area (TPSA) is 83.6 Å². The summed E-state index contributed by atoms with van der Waals surface area (Å²) in [7, 11) is -2.99. The Balaban J connectivity index is 2.50. The van der Waals surface area contributed by atoms with E-state index in [0.717, 1.165) is 0 Å². The van der Waals surface area contributed by atoms with Gasteiger partial charge in [0.05, 0.1) is 11.5 Å². The first-order valence-electron chi connectivity index (χ1n) is 6.10. The second-order valence-electron chi connectivity index (χ2n) is 4.53. The standard InChI is InChI=1S/C11H20N2O4S/c1-3-13(10-5-7-18(16,17)8-10)11(15)12-6-4-9(2)14/h10H,3-8H2,1-2H3,(H,12,15). The molecule has 18 heavy (non-hydrogen) atoms. The van der Waals surface area contributed by atoms with Gasteiger partial charge in [-0.3, -0.25) is 4.79 Å². The highest BCUT2D eigenvalue weighted by Crippen LogP contribution is 2.17. The van der Waals surface area contributed by atoms with Crippen LogP contribution in [0.5, 0.6) is 0 Å². The number of rotatable bonds is 5. The van der Waals surface area contributed by atoms with Crippen LogP contribution in [-0.4, -0.2) is 55.8 Å². The van der Waals surface area contributed by atoms with Crippen LogP contribution in [0.25, 0.3) is 0 Å². The zero-order valence-electron chi connectivity index (χ0n) is 10.8. The molecular weight excluding hydrogens is 256 g/mol. The lowest BCUT2D eigenvalue weighted by molar-refractivity contribution is -0.116. The molecule has 0 aromatic heterocycles. The van der Waals surface area contributed by atoms with E-state index in [9.17, 15) is 18.0 Å². The molecule has 0 spiro atoms. The summed E-state index contributed by atoms with van der Waals surface area (Å²) in [5.41, 5.74) is 0. The summed E-state index contributed by atoms with van der Waals surface area (Å²) >= 11 is 0. The van der Waals surface area contributed by atoms with Crippen LogP contribution in [0.3, 0.4) is 0 Å². The Kier molecular flexibility index (Phi) is 5.13. The molecule has 1 rings (SSSR count). The SMILES string of the molecule is CCN(C(=O)NCCC(C)=O)C1CCS(=O)(=O)C1. The number of hydrogen-bond acceptors (Lipinski definition) is 4. The molecule has 1 N–H and O–H groups in total. The number of Topliss-reactive ketones (excluding diaryl/α,β-unsaturated/α-hetero) is 1. The van der Waals surface area contributed by atoms with E-state index in [2.05, 4.69) is 5.32 Å². The number of carbonyl (C=O) groups excluding carboxylic acids is 2. The van der Waals surface area contributed by atoms with Gasteiger partial charge in [0.25, 0.3) is 0 Å². The summed E-state index contributed by atoms with van der Waals surface area (Å²) in [6, 6.07) is -0.529. The van der Waals surface area contributed by atoms with Gasteiger partial charge in [-0.2, -0.15) is 0 Å². The van der Waals surface area contributed by atoms with Crippen LogP contribution in [0.2, 0.25) is 0 Å². The Morgan fingerprint density at radius 3 is 2.50 bits per heavy atom. The van der Waals surface area contributed by atoms with E-state index in [1.807, 2.05) is 6.92 Å². The summed E-state index contributed by atoms with van der Waals surface area (Å²) in [6.07, 6.45) is 0.794. The van der Waals surface area contributed by atoms with E-state index in [-0.39, 0.29) is 29.4 Å². The van der Waals surface area contributed by atoms with Crippen molar-refractivity contribution < 1.29 is 18.0 Å². The number of nitrogens with one attached hydrogen (secondary N) is 1. The van der Waals surface area contributed by atoms with Crippen molar-refractivity contribution in [2.24, 2.45) is 0 Å². The minimum atomic E-state index is -2.99. The van der Waals surface area contributed by atoms with Gasteiger partial charge in [-0.25, -0.2) is 13.2 Å². The lowest BCUT2D eigenvalue weighted by atomic mass is 10.2. The van der Waals surface area contributed by atoms with Crippen molar-refractivity contribution in [1.29, 1.82) is 0 Å². The molecule has 1 unspecified atom stereocenters. The molecule has 1 heterocycles. The highest BCUT2D eigenvalue weighted by Gasteiger charge is 2.33. The van der Waals surface area contributed by atoms with E-state index in [0.29, 0.717) is 25.9 Å². The lowest BCUT2D eigenvalue weighted by Crippen LogP contribution is -2.47. The first kappa shape index (κ1) is 14.9. The van der Waals surface area contributed by atoms with Gasteiger partial charge in [0.2, 0.25) is 0 Å². The summed E-state index contributed by atoms with van der Waals surface area (Å²) in [4.78, 5) is 24.2. The number of urea groups is 1. The molecule has 1 aliphatic heterocycles. The molecule has 6 nitrogen and oxygen atoms in total. The average Bonchev–Trinajstić information content (AvgIpc) is 2.59. The van der Waals surface area contributed by atoms with E-state index < -0.39 is 9.84 Å². The smallest absolute Gasteiger partial charge is 0.317 e. The van der Waals surface area contributed by atoms with Gasteiger partial charge in [-0.05, 0) is 20.3 Å². The van der Waals surface area contributed by atoms with Crippen LogP contribution in [0.15, 0.2) is 0 Å². The second-order valence-corrected chi connectivity index (χ2v) is 6.76. The normalized spacial score (nSPS) is 21.6. The molecule has 0 bridgehead atoms. The fourth-order valence-electron chi connectivity index (χ4n) is 2.04. The van der Waals surface area contributed by atoms with Crippen molar-refractivity contribution >= 4 is 21.7 Å². The van der Waals surface area contributed by atoms with Crippen molar-refractivity contribution in [3.63, 3.8) is 0 Å². The molecule has 1 aliphatic rings. The molecule has 1 saturated heterocycles. The molecular formula is C11H20N2O4S. The monoisotopic (exact) mass is 276 g/mol. The number of ketones is 1. The predicted octanol–water partition coefficient (Wildman–Crippen LogP) is 0.184. The molecule has 104 valence electrons. The Bertz CT molecular complexity index is 419. The number of hydrogen-bond donors (Lipinski definition) is 1. The highest BCUT2D eigenvalue weighted by atomic mass is 32.2. The minimum Gasteiger partial charge on any atom is -0.338 e. The number of amides is 2. The average molecular weight is 276 g/mol. The van der Waals surface area contributed by atoms with Crippen molar-refractivity contribution in [1.82, 2.24) is 10.2 Å². The Morgan fingerprint density at radius 1 is 1.39 bits per heavy atom. The molecule has 1 fully saturated rings. The molecule has 7 heteroatoms. The van der Waals surface area contributed by atoms with Crippen LogP contribution in [0.4, 0.5) is 4.79 Å².